The van der Waals surface area contributed by atoms with Crippen LogP contribution in [-0.4, -0.2) is 73.9 Å². The van der Waals surface area contributed by atoms with Crippen LogP contribution in [0.2, 0.25) is 0 Å². The molecule has 0 saturated carbocycles. The molecule has 0 amide bonds. The lowest BCUT2D eigenvalue weighted by molar-refractivity contribution is -0.152. The highest BCUT2D eigenvalue weighted by Gasteiger charge is 2.30. The molecule has 0 aliphatic carbocycles. The van der Waals surface area contributed by atoms with Gasteiger partial charge in [0.15, 0.2) is 5.25 Å². The second kappa shape index (κ2) is 10.0. The smallest absolute Gasteiger partial charge is 0.330 e. The summed E-state index contributed by atoms with van der Waals surface area (Å²) < 4.78 is 15.1. The number of nitrogens with zero attached hydrogens (tertiary/aromatic N) is 1. The predicted molar refractivity (Wildman–Crippen MR) is 76.8 cm³/mol. The molecule has 0 unspecified atom stereocenters. The fraction of sp³-hybridized carbons (Fsp3) is 0.846. The summed E-state index contributed by atoms with van der Waals surface area (Å²) in [7, 11) is 0. The Balaban J connectivity index is 2.38. The van der Waals surface area contributed by atoms with Gasteiger partial charge < -0.3 is 14.2 Å². The highest BCUT2D eigenvalue weighted by atomic mass is 32.2. The fourth-order valence-electron chi connectivity index (χ4n) is 1.79. The number of ether oxygens (including phenoxy) is 3. The standard InChI is InChI=1S/C13H23NO5S/c1-3-18-12(15)11(13(16)19-4-2)20-10-7-14-5-8-17-9-6-14/h11H,3-10H2,1-2H3. The minimum absolute atomic E-state index is 0.263. The van der Waals surface area contributed by atoms with Crippen LogP contribution in [0.3, 0.4) is 0 Å². The van der Waals surface area contributed by atoms with Crippen LogP contribution in [0.15, 0.2) is 0 Å². The largest absolute Gasteiger partial charge is 0.465 e. The van der Waals surface area contributed by atoms with Gasteiger partial charge in [-0.25, -0.2) is 0 Å². The maximum absolute atomic E-state index is 11.8. The molecule has 0 atom stereocenters. The molecule has 1 heterocycles. The molecule has 6 nitrogen and oxygen atoms in total. The molecule has 0 aromatic heterocycles. The highest BCUT2D eigenvalue weighted by molar-refractivity contribution is 8.01. The summed E-state index contributed by atoms with van der Waals surface area (Å²) in [5.41, 5.74) is 0. The Labute approximate surface area is 124 Å². The van der Waals surface area contributed by atoms with Gasteiger partial charge in [0.1, 0.15) is 0 Å². The van der Waals surface area contributed by atoms with E-state index >= 15 is 0 Å². The number of esters is 2. The first-order valence-electron chi connectivity index (χ1n) is 6.94. The molecule has 0 aromatic rings. The van der Waals surface area contributed by atoms with E-state index in [1.165, 1.54) is 11.8 Å². The van der Waals surface area contributed by atoms with Gasteiger partial charge in [0.25, 0.3) is 0 Å². The predicted octanol–water partition coefficient (Wildman–Crippen LogP) is 0.547. The van der Waals surface area contributed by atoms with E-state index in [1.807, 2.05) is 0 Å². The van der Waals surface area contributed by atoms with Gasteiger partial charge in [-0.1, -0.05) is 0 Å². The molecular weight excluding hydrogens is 282 g/mol. The van der Waals surface area contributed by atoms with Crippen LogP contribution in [0.4, 0.5) is 0 Å². The summed E-state index contributed by atoms with van der Waals surface area (Å²) in [5, 5.41) is -0.879. The lowest BCUT2D eigenvalue weighted by Gasteiger charge is -2.26. The fourth-order valence-corrected chi connectivity index (χ4v) is 2.80. The van der Waals surface area contributed by atoms with Crippen molar-refractivity contribution in [2.24, 2.45) is 0 Å². The number of hydrogen-bond donors (Lipinski definition) is 0. The summed E-state index contributed by atoms with van der Waals surface area (Å²) in [4.78, 5) is 25.8. The third-order valence-corrected chi connectivity index (χ3v) is 3.93. The zero-order chi connectivity index (χ0) is 14.8. The minimum atomic E-state index is -0.879. The molecular formula is C13H23NO5S. The average Bonchev–Trinajstić information content (AvgIpc) is 2.45. The van der Waals surface area contributed by atoms with Gasteiger partial charge in [-0.15, -0.1) is 11.8 Å². The maximum atomic E-state index is 11.8. The van der Waals surface area contributed by atoms with Crippen LogP contribution in [0.1, 0.15) is 13.8 Å². The molecule has 7 heteroatoms. The van der Waals surface area contributed by atoms with E-state index in [0.29, 0.717) is 5.75 Å². The summed E-state index contributed by atoms with van der Waals surface area (Å²) in [6, 6.07) is 0. The number of carbonyl (C=O) groups is 2. The van der Waals surface area contributed by atoms with Crippen LogP contribution >= 0.6 is 11.8 Å². The van der Waals surface area contributed by atoms with Crippen molar-refractivity contribution in [2.45, 2.75) is 19.1 Å². The zero-order valence-corrected chi connectivity index (χ0v) is 12.9. The Morgan fingerprint density at radius 2 is 1.70 bits per heavy atom. The van der Waals surface area contributed by atoms with Gasteiger partial charge in [-0.05, 0) is 13.8 Å². The first-order valence-corrected chi connectivity index (χ1v) is 7.98. The van der Waals surface area contributed by atoms with Crippen LogP contribution < -0.4 is 0 Å². The molecule has 1 fully saturated rings. The van der Waals surface area contributed by atoms with Crippen molar-refractivity contribution in [1.82, 2.24) is 4.90 Å². The van der Waals surface area contributed by atoms with E-state index < -0.39 is 17.2 Å². The van der Waals surface area contributed by atoms with Crippen LogP contribution in [0.5, 0.6) is 0 Å². The number of morpholine rings is 1. The van der Waals surface area contributed by atoms with E-state index in [1.54, 1.807) is 13.8 Å². The number of carbonyl (C=O) groups excluding carboxylic acids is 2. The van der Waals surface area contributed by atoms with Crippen LogP contribution in [-0.2, 0) is 23.8 Å². The number of hydrogen-bond acceptors (Lipinski definition) is 7. The Kier molecular flexibility index (Phi) is 8.64. The second-order valence-electron chi connectivity index (χ2n) is 4.21. The van der Waals surface area contributed by atoms with E-state index in [0.717, 1.165) is 32.8 Å². The Morgan fingerprint density at radius 1 is 1.15 bits per heavy atom. The molecule has 116 valence electrons. The third kappa shape index (κ3) is 6.11. The monoisotopic (exact) mass is 305 g/mol. The van der Waals surface area contributed by atoms with Gasteiger partial charge in [-0.3, -0.25) is 14.5 Å². The van der Waals surface area contributed by atoms with Crippen molar-refractivity contribution >= 4 is 23.7 Å². The topological polar surface area (TPSA) is 65.1 Å². The summed E-state index contributed by atoms with van der Waals surface area (Å²) in [6.07, 6.45) is 0. The molecule has 1 saturated heterocycles. The summed E-state index contributed by atoms with van der Waals surface area (Å²) >= 11 is 1.28. The third-order valence-electron chi connectivity index (χ3n) is 2.80. The molecule has 0 bridgehead atoms. The maximum Gasteiger partial charge on any atom is 0.330 e. The quantitative estimate of drug-likeness (QED) is 0.479. The lowest BCUT2D eigenvalue weighted by Crippen LogP contribution is -2.38. The molecule has 0 N–H and O–H groups in total. The first-order chi connectivity index (χ1) is 9.69. The zero-order valence-electron chi connectivity index (χ0n) is 12.1. The Hall–Kier alpha value is -0.790. The number of thioether (sulfide) groups is 1. The van der Waals surface area contributed by atoms with Gasteiger partial charge in [0.2, 0.25) is 0 Å². The van der Waals surface area contributed by atoms with Crippen molar-refractivity contribution in [3.63, 3.8) is 0 Å². The minimum Gasteiger partial charge on any atom is -0.465 e. The molecule has 1 aliphatic heterocycles. The SMILES string of the molecule is CCOC(=O)C(SCCN1CCOCC1)C(=O)OCC. The molecule has 0 radical (unpaired) electrons. The van der Waals surface area contributed by atoms with Gasteiger partial charge in [0, 0.05) is 25.4 Å². The molecule has 1 aliphatic rings. The average molecular weight is 305 g/mol. The Bertz CT molecular complexity index is 289. The molecule has 1 rings (SSSR count). The highest BCUT2D eigenvalue weighted by Crippen LogP contribution is 2.15. The summed E-state index contributed by atoms with van der Waals surface area (Å²) in [6.45, 7) is 8.06. The van der Waals surface area contributed by atoms with Crippen LogP contribution in [0, 0.1) is 0 Å². The molecule has 20 heavy (non-hydrogen) atoms. The second-order valence-corrected chi connectivity index (χ2v) is 5.42. The molecule has 0 spiro atoms. The van der Waals surface area contributed by atoms with E-state index in [2.05, 4.69) is 4.90 Å². The van der Waals surface area contributed by atoms with Crippen molar-refractivity contribution < 1.29 is 23.8 Å². The van der Waals surface area contributed by atoms with Crippen molar-refractivity contribution in [1.29, 1.82) is 0 Å². The van der Waals surface area contributed by atoms with Crippen molar-refractivity contribution in [3.8, 4) is 0 Å². The normalized spacial score (nSPS) is 16.1. The molecule has 0 aromatic carbocycles. The van der Waals surface area contributed by atoms with Crippen molar-refractivity contribution in [3.05, 3.63) is 0 Å². The number of rotatable bonds is 8. The van der Waals surface area contributed by atoms with E-state index in [-0.39, 0.29) is 13.2 Å². The Morgan fingerprint density at radius 3 is 2.20 bits per heavy atom. The van der Waals surface area contributed by atoms with Gasteiger partial charge in [-0.2, -0.15) is 0 Å². The van der Waals surface area contributed by atoms with Crippen molar-refractivity contribution in [2.75, 3.05) is 51.8 Å². The van der Waals surface area contributed by atoms with E-state index in [9.17, 15) is 9.59 Å². The van der Waals surface area contributed by atoms with E-state index in [4.69, 9.17) is 14.2 Å². The van der Waals surface area contributed by atoms with Gasteiger partial charge in [0.05, 0.1) is 26.4 Å². The lowest BCUT2D eigenvalue weighted by atomic mass is 10.4. The van der Waals surface area contributed by atoms with Gasteiger partial charge >= 0.3 is 11.9 Å². The van der Waals surface area contributed by atoms with Crippen LogP contribution in [0.25, 0.3) is 0 Å². The first kappa shape index (κ1) is 17.3. The summed E-state index contributed by atoms with van der Waals surface area (Å²) in [5.74, 6) is -0.349.